The van der Waals surface area contributed by atoms with Crippen molar-refractivity contribution in [2.75, 3.05) is 0 Å². The van der Waals surface area contributed by atoms with Gasteiger partial charge in [-0.25, -0.2) is 0 Å². The number of amides is 1. The molecule has 1 atom stereocenters. The van der Waals surface area contributed by atoms with Gasteiger partial charge in [0.15, 0.2) is 0 Å². The number of fused-ring (bicyclic) bond motifs is 1. The van der Waals surface area contributed by atoms with Crippen LogP contribution >= 0.6 is 11.3 Å². The maximum absolute atomic E-state index is 12.6. The van der Waals surface area contributed by atoms with Gasteiger partial charge in [0, 0.05) is 24.0 Å². The van der Waals surface area contributed by atoms with E-state index in [0.29, 0.717) is 5.01 Å². The SMILES string of the molecule is CCC1=C(C)N2C=C(NC(=O)c3nnc(CCc4ccccc4)s3)C=CC2N1. The van der Waals surface area contributed by atoms with Crippen LogP contribution in [0.4, 0.5) is 0 Å². The van der Waals surface area contributed by atoms with E-state index in [9.17, 15) is 4.79 Å². The summed E-state index contributed by atoms with van der Waals surface area (Å²) in [5.74, 6) is -0.220. The Kier molecular flexibility index (Phi) is 5.25. The van der Waals surface area contributed by atoms with Crippen LogP contribution in [0.1, 0.15) is 40.6 Å². The van der Waals surface area contributed by atoms with Gasteiger partial charge in [-0.2, -0.15) is 0 Å². The summed E-state index contributed by atoms with van der Waals surface area (Å²) in [4.78, 5) is 14.7. The van der Waals surface area contributed by atoms with Gasteiger partial charge in [-0.1, -0.05) is 48.6 Å². The lowest BCUT2D eigenvalue weighted by atomic mass is 10.1. The number of aryl methyl sites for hydroxylation is 2. The van der Waals surface area contributed by atoms with Crippen LogP contribution in [0.3, 0.4) is 0 Å². The Labute approximate surface area is 168 Å². The van der Waals surface area contributed by atoms with Gasteiger partial charge in [0.25, 0.3) is 5.91 Å². The number of hydrogen-bond acceptors (Lipinski definition) is 6. The first-order chi connectivity index (χ1) is 13.6. The third-order valence-electron chi connectivity index (χ3n) is 4.92. The third-order valence-corrected chi connectivity index (χ3v) is 5.91. The fraction of sp³-hybridized carbons (Fsp3) is 0.286. The summed E-state index contributed by atoms with van der Waals surface area (Å²) in [7, 11) is 0. The maximum atomic E-state index is 12.6. The number of allylic oxidation sites excluding steroid dienone is 3. The minimum absolute atomic E-state index is 0.127. The number of nitrogens with zero attached hydrogens (tertiary/aromatic N) is 3. The molecule has 7 heteroatoms. The first kappa shape index (κ1) is 18.4. The average Bonchev–Trinajstić information content (AvgIpc) is 3.32. The van der Waals surface area contributed by atoms with Crippen LogP contribution in [0.25, 0.3) is 0 Å². The molecule has 6 nitrogen and oxygen atoms in total. The van der Waals surface area contributed by atoms with Crippen LogP contribution in [0.2, 0.25) is 0 Å². The lowest BCUT2D eigenvalue weighted by Gasteiger charge is -2.26. The zero-order chi connectivity index (χ0) is 19.5. The van der Waals surface area contributed by atoms with E-state index in [2.05, 4.69) is 51.7 Å². The molecule has 2 aromatic rings. The van der Waals surface area contributed by atoms with Gasteiger partial charge < -0.3 is 15.5 Å². The highest BCUT2D eigenvalue weighted by atomic mass is 32.1. The van der Waals surface area contributed by atoms with Crippen LogP contribution in [0.5, 0.6) is 0 Å². The van der Waals surface area contributed by atoms with Crippen LogP contribution in [-0.2, 0) is 12.8 Å². The molecule has 28 heavy (non-hydrogen) atoms. The number of hydrogen-bond donors (Lipinski definition) is 2. The normalized spacial score (nSPS) is 18.0. The van der Waals surface area contributed by atoms with Gasteiger partial charge in [0.05, 0.1) is 5.70 Å². The van der Waals surface area contributed by atoms with Crippen molar-refractivity contribution < 1.29 is 4.79 Å². The smallest absolute Gasteiger partial charge is 0.286 e. The topological polar surface area (TPSA) is 70.2 Å². The zero-order valence-electron chi connectivity index (χ0n) is 16.0. The highest BCUT2D eigenvalue weighted by molar-refractivity contribution is 7.13. The van der Waals surface area contributed by atoms with E-state index < -0.39 is 0 Å². The first-order valence-corrected chi connectivity index (χ1v) is 10.3. The second-order valence-corrected chi connectivity index (χ2v) is 7.86. The van der Waals surface area contributed by atoms with Gasteiger partial charge in [-0.05, 0) is 37.5 Å². The summed E-state index contributed by atoms with van der Waals surface area (Å²) in [6.07, 6.45) is 8.69. The molecular formula is C21H23N5OS. The Morgan fingerprint density at radius 3 is 2.86 bits per heavy atom. The van der Waals surface area contributed by atoms with Gasteiger partial charge >= 0.3 is 0 Å². The van der Waals surface area contributed by atoms with Crippen LogP contribution < -0.4 is 10.6 Å². The second-order valence-electron chi connectivity index (χ2n) is 6.80. The fourth-order valence-electron chi connectivity index (χ4n) is 3.38. The Hall–Kier alpha value is -2.93. The number of aromatic nitrogens is 2. The van der Waals surface area contributed by atoms with Gasteiger partial charge in [-0.3, -0.25) is 4.79 Å². The minimum Gasteiger partial charge on any atom is -0.364 e. The molecule has 1 aromatic heterocycles. The average molecular weight is 394 g/mol. The third kappa shape index (κ3) is 3.84. The van der Waals surface area contributed by atoms with Crippen LogP contribution in [0, 0.1) is 0 Å². The van der Waals surface area contributed by atoms with E-state index in [1.54, 1.807) is 0 Å². The molecule has 0 spiro atoms. The molecule has 144 valence electrons. The van der Waals surface area contributed by atoms with Crippen molar-refractivity contribution in [3.63, 3.8) is 0 Å². The molecule has 0 fully saturated rings. The molecule has 2 N–H and O–H groups in total. The highest BCUT2D eigenvalue weighted by Crippen LogP contribution is 2.26. The molecule has 0 aliphatic carbocycles. The number of benzene rings is 1. The van der Waals surface area contributed by atoms with Crippen molar-refractivity contribution in [1.29, 1.82) is 0 Å². The molecule has 0 saturated heterocycles. The Morgan fingerprint density at radius 1 is 1.25 bits per heavy atom. The van der Waals surface area contributed by atoms with E-state index >= 15 is 0 Å². The molecule has 4 rings (SSSR count). The Morgan fingerprint density at radius 2 is 2.07 bits per heavy atom. The fourth-order valence-corrected chi connectivity index (χ4v) is 4.12. The second kappa shape index (κ2) is 7.98. The number of carbonyl (C=O) groups excluding carboxylic acids is 1. The van der Waals surface area contributed by atoms with E-state index in [4.69, 9.17) is 0 Å². The first-order valence-electron chi connectivity index (χ1n) is 9.46. The summed E-state index contributed by atoms with van der Waals surface area (Å²) in [5, 5.41) is 15.9. The Balaban J connectivity index is 1.38. The molecule has 2 aliphatic heterocycles. The number of nitrogens with one attached hydrogen (secondary N) is 2. The van der Waals surface area contributed by atoms with Crippen molar-refractivity contribution in [2.45, 2.75) is 39.3 Å². The van der Waals surface area contributed by atoms with E-state index in [0.717, 1.165) is 30.0 Å². The summed E-state index contributed by atoms with van der Waals surface area (Å²) >= 11 is 1.35. The number of carbonyl (C=O) groups is 1. The predicted molar refractivity (Wildman–Crippen MR) is 110 cm³/mol. The minimum atomic E-state index is -0.220. The van der Waals surface area contributed by atoms with Gasteiger partial charge in [-0.15, -0.1) is 10.2 Å². The lowest BCUT2D eigenvalue weighted by molar-refractivity contribution is 0.0965. The summed E-state index contributed by atoms with van der Waals surface area (Å²) in [6.45, 7) is 4.22. The molecule has 0 saturated carbocycles. The van der Waals surface area contributed by atoms with Crippen LogP contribution in [0.15, 0.2) is 65.8 Å². The molecular weight excluding hydrogens is 370 g/mol. The molecule has 2 aliphatic rings. The van der Waals surface area contributed by atoms with Gasteiger partial charge in [0.1, 0.15) is 11.2 Å². The molecule has 1 aromatic carbocycles. The summed E-state index contributed by atoms with van der Waals surface area (Å²) in [6, 6.07) is 10.3. The lowest BCUT2D eigenvalue weighted by Crippen LogP contribution is -2.36. The van der Waals surface area contributed by atoms with E-state index in [1.165, 1.54) is 28.3 Å². The molecule has 1 unspecified atom stereocenters. The maximum Gasteiger partial charge on any atom is 0.286 e. The Bertz CT molecular complexity index is 960. The quantitative estimate of drug-likeness (QED) is 0.788. The van der Waals surface area contributed by atoms with Crippen molar-refractivity contribution >= 4 is 17.2 Å². The largest absolute Gasteiger partial charge is 0.364 e. The summed E-state index contributed by atoms with van der Waals surface area (Å²) in [5.41, 5.74) is 4.42. The molecule has 3 heterocycles. The predicted octanol–water partition coefficient (Wildman–Crippen LogP) is 3.34. The van der Waals surface area contributed by atoms with E-state index in [-0.39, 0.29) is 12.1 Å². The van der Waals surface area contributed by atoms with Crippen molar-refractivity contribution in [2.24, 2.45) is 0 Å². The monoisotopic (exact) mass is 393 g/mol. The van der Waals surface area contributed by atoms with Gasteiger partial charge in [0.2, 0.25) is 5.01 Å². The van der Waals surface area contributed by atoms with E-state index in [1.807, 2.05) is 36.6 Å². The number of rotatable bonds is 6. The molecule has 0 radical (unpaired) electrons. The standard InChI is InChI=1S/C21H23N5OS/c1-3-17-14(2)26-13-16(10-11-18(26)23-17)22-20(27)21-25-24-19(28-21)12-9-15-7-5-4-6-8-15/h4-8,10-11,13,18,23H,3,9,12H2,1-2H3,(H,22,27). The van der Waals surface area contributed by atoms with Crippen molar-refractivity contribution in [3.8, 4) is 0 Å². The zero-order valence-corrected chi connectivity index (χ0v) is 16.8. The molecule has 1 amide bonds. The molecule has 0 bridgehead atoms. The van der Waals surface area contributed by atoms with Crippen molar-refractivity contribution in [3.05, 3.63) is 81.4 Å². The van der Waals surface area contributed by atoms with Crippen LogP contribution in [-0.4, -0.2) is 27.2 Å². The van der Waals surface area contributed by atoms with Crippen molar-refractivity contribution in [1.82, 2.24) is 25.7 Å². The highest BCUT2D eigenvalue weighted by Gasteiger charge is 2.27. The summed E-state index contributed by atoms with van der Waals surface area (Å²) < 4.78 is 0.